The maximum absolute atomic E-state index is 12.1. The second kappa shape index (κ2) is 5.34. The van der Waals surface area contributed by atoms with Crippen LogP contribution in [0.3, 0.4) is 0 Å². The van der Waals surface area contributed by atoms with E-state index in [4.69, 9.17) is 21.6 Å². The van der Waals surface area contributed by atoms with E-state index >= 15 is 0 Å². The third-order valence-corrected chi connectivity index (χ3v) is 3.21. The molecule has 0 saturated heterocycles. The van der Waals surface area contributed by atoms with E-state index in [0.29, 0.717) is 10.5 Å². The van der Waals surface area contributed by atoms with Gasteiger partial charge in [-0.2, -0.15) is 9.78 Å². The van der Waals surface area contributed by atoms with Crippen LogP contribution in [0.5, 0.6) is 0 Å². The Morgan fingerprint density at radius 3 is 3.14 bits per heavy atom. The van der Waals surface area contributed by atoms with Gasteiger partial charge in [0.15, 0.2) is 5.65 Å². The van der Waals surface area contributed by atoms with Gasteiger partial charge in [-0.1, -0.05) is 23.7 Å². The monoisotopic (exact) mass is 301 g/mol. The third-order valence-electron chi connectivity index (χ3n) is 2.91. The molecule has 0 spiro atoms. The van der Waals surface area contributed by atoms with E-state index in [1.165, 1.54) is 4.52 Å². The molecule has 0 N–H and O–H groups in total. The Kier molecular flexibility index (Phi) is 3.38. The van der Waals surface area contributed by atoms with Gasteiger partial charge in [-0.05, 0) is 22.6 Å². The second-order valence-electron chi connectivity index (χ2n) is 4.19. The number of nitrogens with zero attached hydrogens (tertiary/aromatic N) is 5. The van der Waals surface area contributed by atoms with Gasteiger partial charge in [-0.3, -0.25) is 0 Å². The summed E-state index contributed by atoms with van der Waals surface area (Å²) in [6.07, 6.45) is 0.131. The minimum Gasteiger partial charge on any atom is -0.461 e. The van der Waals surface area contributed by atoms with Crippen LogP contribution in [0.25, 0.3) is 16.6 Å². The van der Waals surface area contributed by atoms with Crippen LogP contribution in [0.2, 0.25) is 5.02 Å². The lowest BCUT2D eigenvalue weighted by molar-refractivity contribution is 0.0515. The number of hydrogen-bond donors (Lipinski definition) is 0. The maximum atomic E-state index is 12.1. The zero-order valence-corrected chi connectivity index (χ0v) is 11.4. The highest BCUT2D eigenvalue weighted by Gasteiger charge is 2.18. The molecule has 0 atom stereocenters. The number of aromatic nitrogens is 4. The van der Waals surface area contributed by atoms with Crippen molar-refractivity contribution in [1.29, 1.82) is 5.26 Å². The Morgan fingerprint density at radius 2 is 2.33 bits per heavy atom. The Bertz CT molecular complexity index is 883. The number of halogens is 1. The van der Waals surface area contributed by atoms with Gasteiger partial charge < -0.3 is 4.74 Å². The number of esters is 1. The fourth-order valence-corrected chi connectivity index (χ4v) is 2.28. The quantitative estimate of drug-likeness (QED) is 0.542. The molecule has 21 heavy (non-hydrogen) atoms. The van der Waals surface area contributed by atoms with Crippen molar-refractivity contribution < 1.29 is 9.53 Å². The summed E-state index contributed by atoms with van der Waals surface area (Å²) in [6.45, 7) is 0.0244. The Morgan fingerprint density at radius 1 is 1.48 bits per heavy atom. The van der Waals surface area contributed by atoms with E-state index < -0.39 is 5.97 Å². The summed E-state index contributed by atoms with van der Waals surface area (Å²) in [5.74, 6) is -0.577. The molecule has 1 aromatic carbocycles. The SMILES string of the molecule is N#CCCOC(=O)c1cc2cccc(Cl)c2n2nnnc12. The molecule has 0 amide bonds. The number of para-hydroxylation sites is 1. The number of rotatable bonds is 3. The van der Waals surface area contributed by atoms with Crippen molar-refractivity contribution in [3.05, 3.63) is 34.9 Å². The van der Waals surface area contributed by atoms with Gasteiger partial charge in [0.25, 0.3) is 0 Å². The first-order chi connectivity index (χ1) is 10.2. The number of pyridine rings is 1. The van der Waals surface area contributed by atoms with Gasteiger partial charge in [0.2, 0.25) is 0 Å². The summed E-state index contributed by atoms with van der Waals surface area (Å²) in [7, 11) is 0. The van der Waals surface area contributed by atoms with Crippen LogP contribution in [0, 0.1) is 11.3 Å². The van der Waals surface area contributed by atoms with Crippen LogP contribution < -0.4 is 0 Å². The summed E-state index contributed by atoms with van der Waals surface area (Å²) in [5.41, 5.74) is 1.11. The lowest BCUT2D eigenvalue weighted by atomic mass is 10.1. The van der Waals surface area contributed by atoms with Crippen molar-refractivity contribution in [2.75, 3.05) is 6.61 Å². The number of benzene rings is 1. The molecule has 8 heteroatoms. The third kappa shape index (κ3) is 2.26. The van der Waals surface area contributed by atoms with Crippen molar-refractivity contribution in [2.45, 2.75) is 6.42 Å². The first-order valence-electron chi connectivity index (χ1n) is 6.06. The van der Waals surface area contributed by atoms with E-state index in [2.05, 4.69) is 15.5 Å². The van der Waals surface area contributed by atoms with E-state index in [0.717, 1.165) is 5.39 Å². The zero-order chi connectivity index (χ0) is 14.8. The Balaban J connectivity index is 2.16. The highest BCUT2D eigenvalue weighted by atomic mass is 35.5. The van der Waals surface area contributed by atoms with Crippen molar-refractivity contribution in [1.82, 2.24) is 20.0 Å². The van der Waals surface area contributed by atoms with Gasteiger partial charge in [0, 0.05) is 5.39 Å². The molecule has 104 valence electrons. The average molecular weight is 302 g/mol. The molecule has 0 saturated carbocycles. The smallest absolute Gasteiger partial charge is 0.342 e. The lowest BCUT2D eigenvalue weighted by Gasteiger charge is -2.07. The zero-order valence-electron chi connectivity index (χ0n) is 10.7. The summed E-state index contributed by atoms with van der Waals surface area (Å²) < 4.78 is 6.42. The molecule has 2 heterocycles. The molecule has 2 aromatic heterocycles. The van der Waals surface area contributed by atoms with Crippen molar-refractivity contribution in [3.8, 4) is 6.07 Å². The van der Waals surface area contributed by atoms with E-state index in [1.807, 2.05) is 6.07 Å². The van der Waals surface area contributed by atoms with Gasteiger partial charge >= 0.3 is 5.97 Å². The standard InChI is InChI=1S/C13H8ClN5O2/c14-10-4-1-3-8-7-9(13(20)21-6-2-5-15)12-16-17-18-19(12)11(8)10/h1,3-4,7H,2,6H2. The molecule has 0 aliphatic rings. The maximum Gasteiger partial charge on any atom is 0.342 e. The van der Waals surface area contributed by atoms with E-state index in [-0.39, 0.29) is 24.2 Å². The topological polar surface area (TPSA) is 93.2 Å². The summed E-state index contributed by atoms with van der Waals surface area (Å²) >= 11 is 6.16. The molecule has 7 nitrogen and oxygen atoms in total. The number of fused-ring (bicyclic) bond motifs is 3. The second-order valence-corrected chi connectivity index (χ2v) is 4.60. The summed E-state index contributed by atoms with van der Waals surface area (Å²) in [4.78, 5) is 12.1. The fraction of sp³-hybridized carbons (Fsp3) is 0.154. The number of tetrazole rings is 1. The Labute approximate surface area is 123 Å². The first kappa shape index (κ1) is 13.3. The molecular weight excluding hydrogens is 294 g/mol. The van der Waals surface area contributed by atoms with Crippen molar-refractivity contribution >= 4 is 34.1 Å². The molecule has 0 bridgehead atoms. The molecule has 0 aliphatic carbocycles. The fourth-order valence-electron chi connectivity index (χ4n) is 2.01. The van der Waals surface area contributed by atoms with Crippen molar-refractivity contribution in [3.63, 3.8) is 0 Å². The number of carbonyl (C=O) groups is 1. The molecule has 0 aliphatic heterocycles. The predicted octanol–water partition coefficient (Wildman–Crippen LogP) is 2.00. The van der Waals surface area contributed by atoms with Crippen LogP contribution >= 0.6 is 11.6 Å². The number of hydrogen-bond acceptors (Lipinski definition) is 6. The summed E-state index contributed by atoms with van der Waals surface area (Å²) in [6, 6.07) is 8.82. The minimum atomic E-state index is -0.577. The van der Waals surface area contributed by atoms with Crippen LogP contribution in [-0.2, 0) is 4.74 Å². The molecular formula is C13H8ClN5O2. The average Bonchev–Trinajstić information content (AvgIpc) is 2.95. The van der Waals surface area contributed by atoms with E-state index in [9.17, 15) is 4.79 Å². The minimum absolute atomic E-state index is 0.0244. The van der Waals surface area contributed by atoms with Gasteiger partial charge in [0.05, 0.1) is 23.0 Å². The van der Waals surface area contributed by atoms with Crippen molar-refractivity contribution in [2.24, 2.45) is 0 Å². The number of carbonyl (C=O) groups excluding carboxylic acids is 1. The number of nitriles is 1. The molecule has 3 rings (SSSR count). The normalized spacial score (nSPS) is 10.7. The highest BCUT2D eigenvalue weighted by Crippen LogP contribution is 2.25. The molecule has 0 unspecified atom stereocenters. The van der Waals surface area contributed by atoms with E-state index in [1.54, 1.807) is 24.3 Å². The predicted molar refractivity (Wildman–Crippen MR) is 73.8 cm³/mol. The first-order valence-corrected chi connectivity index (χ1v) is 6.43. The largest absolute Gasteiger partial charge is 0.461 e. The lowest BCUT2D eigenvalue weighted by Crippen LogP contribution is -2.09. The molecule has 0 radical (unpaired) electrons. The number of ether oxygens (including phenoxy) is 1. The van der Waals surface area contributed by atoms with Gasteiger partial charge in [-0.15, -0.1) is 5.10 Å². The molecule has 0 fully saturated rings. The van der Waals surface area contributed by atoms with Crippen LogP contribution in [-0.4, -0.2) is 32.6 Å². The van der Waals surface area contributed by atoms with Crippen LogP contribution in [0.4, 0.5) is 0 Å². The van der Waals surface area contributed by atoms with Gasteiger partial charge in [0.1, 0.15) is 12.2 Å². The highest BCUT2D eigenvalue weighted by molar-refractivity contribution is 6.35. The van der Waals surface area contributed by atoms with Crippen LogP contribution in [0.1, 0.15) is 16.8 Å². The van der Waals surface area contributed by atoms with Crippen LogP contribution in [0.15, 0.2) is 24.3 Å². The van der Waals surface area contributed by atoms with Gasteiger partial charge in [-0.25, -0.2) is 4.79 Å². The molecule has 3 aromatic rings. The summed E-state index contributed by atoms with van der Waals surface area (Å²) in [5, 5.41) is 20.9. The Hall–Kier alpha value is -2.72.